The summed E-state index contributed by atoms with van der Waals surface area (Å²) in [4.78, 5) is 10.0. The molecule has 0 fully saturated rings. The van der Waals surface area contributed by atoms with Crippen LogP contribution in [0.5, 0.6) is 0 Å². The van der Waals surface area contributed by atoms with Gasteiger partial charge in [-0.2, -0.15) is 5.10 Å². The van der Waals surface area contributed by atoms with Gasteiger partial charge in [-0.15, -0.1) is 0 Å². The number of hydrogen-bond donors (Lipinski definition) is 2. The molecule has 0 aromatic heterocycles. The molecule has 0 aliphatic carbocycles. The first kappa shape index (κ1) is 20.4. The van der Waals surface area contributed by atoms with Gasteiger partial charge in [-0.3, -0.25) is 15.5 Å². The van der Waals surface area contributed by atoms with Crippen molar-refractivity contribution in [1.29, 1.82) is 0 Å². The first-order valence-corrected chi connectivity index (χ1v) is 9.46. The van der Waals surface area contributed by atoms with Crippen LogP contribution >= 0.6 is 34.8 Å². The molecule has 2 aromatic carbocycles. The van der Waals surface area contributed by atoms with Crippen LogP contribution in [0.4, 0.5) is 11.4 Å². The van der Waals surface area contributed by atoms with Crippen LogP contribution in [0.3, 0.4) is 0 Å². The molecular weight excluding hydrogens is 427 g/mol. The lowest BCUT2D eigenvalue weighted by Crippen LogP contribution is -2.12. The van der Waals surface area contributed by atoms with Crippen molar-refractivity contribution in [3.8, 4) is 0 Å². The van der Waals surface area contributed by atoms with E-state index in [0.29, 0.717) is 11.3 Å². The monoisotopic (exact) mass is 436 g/mol. The maximum absolute atomic E-state index is 11.3. The quantitative estimate of drug-likeness (QED) is 0.316. The zero-order chi connectivity index (χ0) is 19.6. The fourth-order valence-electron chi connectivity index (χ4n) is 1.94. The molecule has 2 rings (SSSR count). The number of anilines is 1. The van der Waals surface area contributed by atoms with E-state index in [-0.39, 0.29) is 25.7 Å². The standard InChI is InChI=1S/C14H11Cl3N4O4S/c1-7(9-3-4-10(15)14(17)13(9)16)19-20-11-5-2-8(26(18,24)25)6-12(11)21(22)23/h2-6,20H,1H3,(H2,18,24,25)/b19-7+. The van der Waals surface area contributed by atoms with Gasteiger partial charge in [0, 0.05) is 11.6 Å². The van der Waals surface area contributed by atoms with Crippen molar-refractivity contribution >= 4 is 61.9 Å². The molecule has 26 heavy (non-hydrogen) atoms. The molecule has 0 unspecified atom stereocenters. The molecule has 0 bridgehead atoms. The minimum Gasteiger partial charge on any atom is -0.271 e. The van der Waals surface area contributed by atoms with Crippen LogP contribution in [0, 0.1) is 10.1 Å². The molecule has 0 saturated carbocycles. The number of rotatable bonds is 5. The summed E-state index contributed by atoms with van der Waals surface area (Å²) in [6.07, 6.45) is 0. The average molecular weight is 438 g/mol. The lowest BCUT2D eigenvalue weighted by molar-refractivity contribution is -0.384. The number of nitro benzene ring substituents is 1. The number of nitrogens with two attached hydrogens (primary N) is 1. The molecule has 0 heterocycles. The Hall–Kier alpha value is -1.91. The average Bonchev–Trinajstić information content (AvgIpc) is 2.56. The SMILES string of the molecule is C/C(=N\Nc1ccc(S(N)(=O)=O)cc1[N+](=O)[O-])c1ccc(Cl)c(Cl)c1Cl. The zero-order valence-corrected chi connectivity index (χ0v) is 16.1. The molecule has 2 aromatic rings. The number of nitro groups is 1. The lowest BCUT2D eigenvalue weighted by Gasteiger charge is -2.08. The fraction of sp³-hybridized carbons (Fsp3) is 0.0714. The van der Waals surface area contributed by atoms with Crippen LogP contribution in [-0.2, 0) is 10.0 Å². The summed E-state index contributed by atoms with van der Waals surface area (Å²) in [7, 11) is -4.08. The van der Waals surface area contributed by atoms with Crippen molar-refractivity contribution < 1.29 is 13.3 Å². The number of hydrazone groups is 1. The van der Waals surface area contributed by atoms with Gasteiger partial charge in [0.05, 0.1) is 30.6 Å². The molecule has 0 radical (unpaired) electrons. The Kier molecular flexibility index (Phi) is 6.09. The van der Waals surface area contributed by atoms with E-state index in [1.807, 2.05) is 0 Å². The molecule has 12 heteroatoms. The van der Waals surface area contributed by atoms with Crippen LogP contribution in [0.25, 0.3) is 0 Å². The molecular formula is C14H11Cl3N4O4S. The van der Waals surface area contributed by atoms with Crippen LogP contribution in [-0.4, -0.2) is 19.1 Å². The Bertz CT molecular complexity index is 1030. The third-order valence-corrected chi connectivity index (χ3v) is 5.47. The van der Waals surface area contributed by atoms with Gasteiger partial charge < -0.3 is 0 Å². The minimum absolute atomic E-state index is 0.0297. The van der Waals surface area contributed by atoms with Crippen molar-refractivity contribution in [2.45, 2.75) is 11.8 Å². The van der Waals surface area contributed by atoms with E-state index in [4.69, 9.17) is 39.9 Å². The van der Waals surface area contributed by atoms with Crippen LogP contribution < -0.4 is 10.6 Å². The second-order valence-electron chi connectivity index (χ2n) is 5.01. The van der Waals surface area contributed by atoms with Crippen LogP contribution in [0.15, 0.2) is 40.3 Å². The number of benzene rings is 2. The molecule has 0 spiro atoms. The van der Waals surface area contributed by atoms with E-state index in [1.54, 1.807) is 13.0 Å². The summed E-state index contributed by atoms with van der Waals surface area (Å²) in [5.74, 6) is 0. The van der Waals surface area contributed by atoms with E-state index < -0.39 is 20.6 Å². The van der Waals surface area contributed by atoms with Crippen molar-refractivity contribution in [2.75, 3.05) is 5.43 Å². The highest BCUT2D eigenvalue weighted by atomic mass is 35.5. The molecule has 0 saturated heterocycles. The fourth-order valence-corrected chi connectivity index (χ4v) is 3.15. The topological polar surface area (TPSA) is 128 Å². The smallest absolute Gasteiger partial charge is 0.271 e. The highest BCUT2D eigenvalue weighted by Gasteiger charge is 2.19. The molecule has 0 atom stereocenters. The second kappa shape index (κ2) is 7.77. The zero-order valence-electron chi connectivity index (χ0n) is 13.0. The predicted molar refractivity (Wildman–Crippen MR) is 102 cm³/mol. The highest BCUT2D eigenvalue weighted by molar-refractivity contribution is 7.89. The van der Waals surface area contributed by atoms with E-state index in [0.717, 1.165) is 12.1 Å². The number of halogens is 3. The third kappa shape index (κ3) is 4.43. The number of nitrogens with zero attached hydrogens (tertiary/aromatic N) is 2. The van der Waals surface area contributed by atoms with Gasteiger partial charge in [-0.05, 0) is 25.1 Å². The molecule has 0 amide bonds. The Morgan fingerprint density at radius 3 is 2.42 bits per heavy atom. The first-order valence-electron chi connectivity index (χ1n) is 6.77. The Balaban J connectivity index is 2.41. The van der Waals surface area contributed by atoms with Crippen LogP contribution in [0.2, 0.25) is 15.1 Å². The highest BCUT2D eigenvalue weighted by Crippen LogP contribution is 2.33. The first-order chi connectivity index (χ1) is 12.0. The van der Waals surface area contributed by atoms with Crippen molar-refractivity contribution in [3.63, 3.8) is 0 Å². The van der Waals surface area contributed by atoms with Crippen molar-refractivity contribution in [3.05, 3.63) is 61.1 Å². The lowest BCUT2D eigenvalue weighted by atomic mass is 10.1. The van der Waals surface area contributed by atoms with E-state index in [9.17, 15) is 18.5 Å². The molecule has 0 aliphatic heterocycles. The Morgan fingerprint density at radius 2 is 1.85 bits per heavy atom. The largest absolute Gasteiger partial charge is 0.295 e. The van der Waals surface area contributed by atoms with E-state index in [1.165, 1.54) is 12.1 Å². The normalized spacial score (nSPS) is 12.1. The van der Waals surface area contributed by atoms with Gasteiger partial charge in [-0.1, -0.05) is 40.9 Å². The van der Waals surface area contributed by atoms with E-state index >= 15 is 0 Å². The summed E-state index contributed by atoms with van der Waals surface area (Å²) in [5, 5.41) is 20.8. The summed E-state index contributed by atoms with van der Waals surface area (Å²) < 4.78 is 22.7. The maximum Gasteiger partial charge on any atom is 0.295 e. The van der Waals surface area contributed by atoms with Crippen molar-refractivity contribution in [2.24, 2.45) is 10.2 Å². The number of sulfonamides is 1. The number of nitrogens with one attached hydrogen (secondary N) is 1. The van der Waals surface area contributed by atoms with Gasteiger partial charge >= 0.3 is 0 Å². The number of hydrogen-bond acceptors (Lipinski definition) is 6. The minimum atomic E-state index is -4.08. The van der Waals surface area contributed by atoms with Crippen LogP contribution in [0.1, 0.15) is 12.5 Å². The van der Waals surface area contributed by atoms with Gasteiger partial charge in [0.2, 0.25) is 10.0 Å². The van der Waals surface area contributed by atoms with Gasteiger partial charge in [0.1, 0.15) is 5.69 Å². The second-order valence-corrected chi connectivity index (χ2v) is 7.74. The van der Waals surface area contributed by atoms with Gasteiger partial charge in [0.25, 0.3) is 5.69 Å². The molecule has 8 nitrogen and oxygen atoms in total. The maximum atomic E-state index is 11.3. The Morgan fingerprint density at radius 1 is 1.19 bits per heavy atom. The molecule has 0 aliphatic rings. The number of primary sulfonamides is 1. The van der Waals surface area contributed by atoms with Gasteiger partial charge in [0.15, 0.2) is 0 Å². The summed E-state index contributed by atoms with van der Waals surface area (Å²) >= 11 is 18.0. The molecule has 3 N–H and O–H groups in total. The predicted octanol–water partition coefficient (Wildman–Crippen LogP) is 4.04. The molecule has 138 valence electrons. The summed E-state index contributed by atoms with van der Waals surface area (Å²) in [5.41, 5.74) is 2.82. The van der Waals surface area contributed by atoms with E-state index in [2.05, 4.69) is 10.5 Å². The summed E-state index contributed by atoms with van der Waals surface area (Å²) in [6.45, 7) is 1.60. The van der Waals surface area contributed by atoms with Gasteiger partial charge in [-0.25, -0.2) is 13.6 Å². The summed E-state index contributed by atoms with van der Waals surface area (Å²) in [6, 6.07) is 6.28. The van der Waals surface area contributed by atoms with Crippen molar-refractivity contribution in [1.82, 2.24) is 0 Å². The Labute approximate surface area is 163 Å². The third-order valence-electron chi connectivity index (χ3n) is 3.26.